The maximum atomic E-state index is 12.9. The van der Waals surface area contributed by atoms with Crippen LogP contribution in [0.5, 0.6) is 0 Å². The number of nitrogens with zero attached hydrogens (tertiary/aromatic N) is 2. The van der Waals surface area contributed by atoms with Gasteiger partial charge < -0.3 is 10.4 Å². The first-order chi connectivity index (χ1) is 14.8. The van der Waals surface area contributed by atoms with Gasteiger partial charge in [-0.2, -0.15) is 0 Å². The first kappa shape index (κ1) is 22.3. The van der Waals surface area contributed by atoms with Crippen LogP contribution in [0.25, 0.3) is 10.9 Å². The van der Waals surface area contributed by atoms with Crippen LogP contribution in [-0.2, 0) is 17.8 Å². The Labute approximate surface area is 183 Å². The normalized spacial score (nSPS) is 11.8. The summed E-state index contributed by atoms with van der Waals surface area (Å²) in [6.07, 6.45) is 2.49. The number of nitrogens with one attached hydrogen (secondary N) is 1. The first-order valence-electron chi connectivity index (χ1n) is 9.79. The van der Waals surface area contributed by atoms with Gasteiger partial charge in [-0.1, -0.05) is 36.9 Å². The summed E-state index contributed by atoms with van der Waals surface area (Å²) in [4.78, 5) is 41.4. The van der Waals surface area contributed by atoms with Crippen LogP contribution in [0.2, 0.25) is 0 Å². The molecule has 0 radical (unpaired) electrons. The topological polar surface area (TPSA) is 101 Å². The predicted octanol–water partition coefficient (Wildman–Crippen LogP) is 3.96. The number of carboxylic acids is 1. The molecule has 0 aliphatic heterocycles. The van der Waals surface area contributed by atoms with E-state index in [-0.39, 0.29) is 29.1 Å². The summed E-state index contributed by atoms with van der Waals surface area (Å²) < 4.78 is 1.43. The third kappa shape index (κ3) is 5.03. The summed E-state index contributed by atoms with van der Waals surface area (Å²) in [6, 6.07) is 11.8. The van der Waals surface area contributed by atoms with Crippen molar-refractivity contribution in [3.05, 3.63) is 76.6 Å². The zero-order valence-corrected chi connectivity index (χ0v) is 18.1. The zero-order valence-electron chi connectivity index (χ0n) is 17.3. The number of amides is 1. The molecule has 2 N–H and O–H groups in total. The van der Waals surface area contributed by atoms with E-state index in [0.717, 1.165) is 18.2 Å². The minimum absolute atomic E-state index is 0.0399. The molecule has 1 heterocycles. The summed E-state index contributed by atoms with van der Waals surface area (Å²) in [5.74, 6) is -1.33. The summed E-state index contributed by atoms with van der Waals surface area (Å²) >= 11 is 1.13. The van der Waals surface area contributed by atoms with Crippen molar-refractivity contribution in [3.8, 4) is 0 Å². The lowest BCUT2D eigenvalue weighted by molar-refractivity contribution is -0.115. The molecular weight excluding hydrogens is 414 g/mol. The van der Waals surface area contributed by atoms with Crippen molar-refractivity contribution >= 4 is 40.2 Å². The highest BCUT2D eigenvalue weighted by atomic mass is 32.2. The molecule has 31 heavy (non-hydrogen) atoms. The Bertz CT molecular complexity index is 1200. The quantitative estimate of drug-likeness (QED) is 0.314. The Morgan fingerprint density at radius 2 is 1.97 bits per heavy atom. The molecule has 1 atom stereocenters. The fraction of sp³-hybridized carbons (Fsp3) is 0.217. The number of hydrogen-bond acceptors (Lipinski definition) is 5. The van der Waals surface area contributed by atoms with Crippen LogP contribution in [0.1, 0.15) is 29.8 Å². The number of carboxylic acid groups (broad SMARTS) is 1. The molecule has 0 spiro atoms. The third-order valence-electron chi connectivity index (χ3n) is 4.76. The fourth-order valence-corrected chi connectivity index (χ4v) is 3.91. The first-order valence-corrected chi connectivity index (χ1v) is 10.7. The Hall–Kier alpha value is -3.39. The van der Waals surface area contributed by atoms with Crippen molar-refractivity contribution in [1.82, 2.24) is 9.55 Å². The highest BCUT2D eigenvalue weighted by Gasteiger charge is 2.20. The lowest BCUT2D eigenvalue weighted by Gasteiger charge is -2.16. The molecule has 0 aliphatic rings. The van der Waals surface area contributed by atoms with Crippen LogP contribution in [0.3, 0.4) is 0 Å². The van der Waals surface area contributed by atoms with Crippen LogP contribution in [0, 0.1) is 0 Å². The molecule has 0 bridgehead atoms. The lowest BCUT2D eigenvalue weighted by Crippen LogP contribution is -2.27. The van der Waals surface area contributed by atoms with Crippen molar-refractivity contribution in [1.29, 1.82) is 0 Å². The van der Waals surface area contributed by atoms with E-state index in [9.17, 15) is 19.5 Å². The van der Waals surface area contributed by atoms with Gasteiger partial charge in [-0.05, 0) is 49.2 Å². The number of carbonyl (C=O) groups excluding carboxylic acids is 1. The number of anilines is 1. The molecule has 3 rings (SSSR count). The van der Waals surface area contributed by atoms with E-state index in [0.29, 0.717) is 16.2 Å². The molecule has 160 valence electrons. The van der Waals surface area contributed by atoms with Gasteiger partial charge in [0, 0.05) is 12.2 Å². The second-order valence-electron chi connectivity index (χ2n) is 6.94. The van der Waals surface area contributed by atoms with Gasteiger partial charge in [0.05, 0.1) is 21.7 Å². The van der Waals surface area contributed by atoms with E-state index in [2.05, 4.69) is 23.8 Å². The molecule has 2 aromatic carbocycles. The lowest BCUT2D eigenvalue weighted by atomic mass is 10.1. The number of hydrogen-bond donors (Lipinski definition) is 2. The zero-order chi connectivity index (χ0) is 22.5. The number of fused-ring (bicyclic) bond motifs is 1. The van der Waals surface area contributed by atoms with Crippen LogP contribution in [0.4, 0.5) is 5.69 Å². The Kier molecular flexibility index (Phi) is 6.91. The number of allylic oxidation sites excluding steroid dienone is 1. The Morgan fingerprint density at radius 1 is 1.26 bits per heavy atom. The molecule has 0 fully saturated rings. The number of thioether (sulfide) groups is 1. The maximum Gasteiger partial charge on any atom is 0.335 e. The molecule has 0 saturated carbocycles. The van der Waals surface area contributed by atoms with Gasteiger partial charge >= 0.3 is 5.97 Å². The molecule has 7 nitrogen and oxygen atoms in total. The van der Waals surface area contributed by atoms with Gasteiger partial charge in [0.1, 0.15) is 0 Å². The molecular formula is C23H23N3O4S. The van der Waals surface area contributed by atoms with Gasteiger partial charge in [-0.25, -0.2) is 9.78 Å². The fourth-order valence-electron chi connectivity index (χ4n) is 2.99. The van der Waals surface area contributed by atoms with Crippen molar-refractivity contribution in [2.24, 2.45) is 0 Å². The van der Waals surface area contributed by atoms with Crippen LogP contribution in [0.15, 0.2) is 65.1 Å². The molecule has 8 heteroatoms. The molecule has 0 saturated heterocycles. The second kappa shape index (κ2) is 9.61. The van der Waals surface area contributed by atoms with E-state index in [4.69, 9.17) is 0 Å². The number of carbonyl (C=O) groups is 2. The summed E-state index contributed by atoms with van der Waals surface area (Å²) in [7, 11) is 0. The van der Waals surface area contributed by atoms with Gasteiger partial charge in [-0.15, -0.1) is 6.58 Å². The summed E-state index contributed by atoms with van der Waals surface area (Å²) in [6.45, 7) is 7.69. The highest BCUT2D eigenvalue weighted by molar-refractivity contribution is 8.00. The molecule has 1 amide bonds. The molecule has 1 aromatic heterocycles. The monoisotopic (exact) mass is 437 g/mol. The van der Waals surface area contributed by atoms with E-state index < -0.39 is 11.2 Å². The van der Waals surface area contributed by atoms with E-state index in [1.165, 1.54) is 28.3 Å². The van der Waals surface area contributed by atoms with Crippen molar-refractivity contribution in [2.45, 2.75) is 37.2 Å². The summed E-state index contributed by atoms with van der Waals surface area (Å²) in [5.41, 5.74) is 1.87. The average Bonchev–Trinajstić information content (AvgIpc) is 2.76. The highest BCUT2D eigenvalue weighted by Crippen LogP contribution is 2.24. The van der Waals surface area contributed by atoms with Gasteiger partial charge in [0.15, 0.2) is 5.16 Å². The van der Waals surface area contributed by atoms with Crippen molar-refractivity contribution < 1.29 is 14.7 Å². The van der Waals surface area contributed by atoms with Gasteiger partial charge in [-0.3, -0.25) is 14.2 Å². The maximum absolute atomic E-state index is 12.9. The van der Waals surface area contributed by atoms with Gasteiger partial charge in [0.25, 0.3) is 5.56 Å². The smallest absolute Gasteiger partial charge is 0.335 e. The number of aromatic nitrogens is 2. The minimum Gasteiger partial charge on any atom is -0.478 e. The summed E-state index contributed by atoms with van der Waals surface area (Å²) in [5, 5.41) is 12.2. The van der Waals surface area contributed by atoms with Crippen LogP contribution < -0.4 is 10.9 Å². The molecule has 3 aromatic rings. The number of aryl methyl sites for hydroxylation is 1. The average molecular weight is 438 g/mol. The largest absolute Gasteiger partial charge is 0.478 e. The number of benzene rings is 2. The van der Waals surface area contributed by atoms with Crippen molar-refractivity contribution in [3.63, 3.8) is 0 Å². The second-order valence-corrected chi connectivity index (χ2v) is 8.24. The van der Waals surface area contributed by atoms with Crippen LogP contribution in [-0.4, -0.2) is 31.8 Å². The standard InChI is InChI=1S/C23H23N3O4S/c1-4-12-26-21(28)18-11-8-16(22(29)30)13-19(18)25-23(26)31-14(3)20(27)24-17-9-6-15(5-2)7-10-17/h4,6-11,13-14H,1,5,12H2,2-3H3,(H,24,27)(H,29,30)/t14-/m0/s1. The Morgan fingerprint density at radius 3 is 2.58 bits per heavy atom. The van der Waals surface area contributed by atoms with E-state index in [1.807, 2.05) is 24.3 Å². The SMILES string of the molecule is C=CCn1c(S[C@@H](C)C(=O)Nc2ccc(CC)cc2)nc2cc(C(=O)O)ccc2c1=O. The predicted molar refractivity (Wildman–Crippen MR) is 123 cm³/mol. The third-order valence-corrected chi connectivity index (χ3v) is 5.85. The molecule has 0 aliphatic carbocycles. The van der Waals surface area contributed by atoms with Gasteiger partial charge in [0.2, 0.25) is 5.91 Å². The van der Waals surface area contributed by atoms with E-state index in [1.54, 1.807) is 13.0 Å². The number of aromatic carboxylic acids is 1. The molecule has 0 unspecified atom stereocenters. The minimum atomic E-state index is -1.10. The van der Waals surface area contributed by atoms with E-state index >= 15 is 0 Å². The number of rotatable bonds is 8. The van der Waals surface area contributed by atoms with Crippen molar-refractivity contribution in [2.75, 3.05) is 5.32 Å². The Balaban J connectivity index is 1.90. The van der Waals surface area contributed by atoms with Crippen LogP contribution >= 0.6 is 11.8 Å².